The van der Waals surface area contributed by atoms with Crippen LogP contribution in [0.1, 0.15) is 34.1 Å². The van der Waals surface area contributed by atoms with E-state index in [1.165, 1.54) is 30.3 Å². The van der Waals surface area contributed by atoms with E-state index < -0.39 is 15.7 Å². The minimum absolute atomic E-state index is 0.0245. The van der Waals surface area contributed by atoms with Crippen LogP contribution in [0.4, 0.5) is 5.69 Å². The number of halogens is 2. The van der Waals surface area contributed by atoms with Crippen molar-refractivity contribution in [3.05, 3.63) is 57.6 Å². The zero-order valence-electron chi connectivity index (χ0n) is 14.7. The number of benzene rings is 2. The van der Waals surface area contributed by atoms with Gasteiger partial charge in [0, 0.05) is 23.4 Å². The van der Waals surface area contributed by atoms with Gasteiger partial charge in [-0.25, -0.2) is 8.42 Å². The van der Waals surface area contributed by atoms with E-state index in [2.05, 4.69) is 10.6 Å². The van der Waals surface area contributed by atoms with E-state index in [0.29, 0.717) is 11.6 Å². The number of hydrogen-bond donors (Lipinski definition) is 2. The van der Waals surface area contributed by atoms with Crippen LogP contribution in [0.2, 0.25) is 10.0 Å². The number of carbonyl (C=O) groups is 2. The highest BCUT2D eigenvalue weighted by molar-refractivity contribution is 7.90. The third-order valence-corrected chi connectivity index (χ3v) is 5.42. The maximum atomic E-state index is 12.6. The molecule has 0 aliphatic heterocycles. The highest BCUT2D eigenvalue weighted by Crippen LogP contribution is 2.25. The second-order valence-corrected chi connectivity index (χ2v) is 8.65. The lowest BCUT2D eigenvalue weighted by molar-refractivity contribution is 0.0954. The minimum atomic E-state index is -3.60. The average Bonchev–Trinajstić information content (AvgIpc) is 2.59. The van der Waals surface area contributed by atoms with Crippen molar-refractivity contribution in [2.24, 2.45) is 0 Å². The van der Waals surface area contributed by atoms with E-state index >= 15 is 0 Å². The standard InChI is InChI=1S/C18H18Cl2N2O4S/c1-3-8-21-18(24)13-6-5-12(19)10-15(13)22-17(23)11-4-7-14(20)16(9-11)27(2,25)26/h4-7,9-10H,3,8H2,1-2H3,(H,21,24)(H,22,23). The van der Waals surface area contributed by atoms with Gasteiger partial charge in [-0.2, -0.15) is 0 Å². The zero-order chi connectivity index (χ0) is 20.2. The van der Waals surface area contributed by atoms with Gasteiger partial charge >= 0.3 is 0 Å². The van der Waals surface area contributed by atoms with Crippen molar-refractivity contribution in [3.8, 4) is 0 Å². The molecule has 0 atom stereocenters. The molecule has 2 N–H and O–H groups in total. The first kappa shape index (κ1) is 21.2. The molecular weight excluding hydrogens is 411 g/mol. The summed E-state index contributed by atoms with van der Waals surface area (Å²) >= 11 is 11.9. The van der Waals surface area contributed by atoms with Gasteiger partial charge in [0.15, 0.2) is 9.84 Å². The van der Waals surface area contributed by atoms with Gasteiger partial charge < -0.3 is 10.6 Å². The second kappa shape index (κ2) is 8.73. The van der Waals surface area contributed by atoms with E-state index in [1.807, 2.05) is 6.92 Å². The molecule has 2 rings (SSSR count). The zero-order valence-corrected chi connectivity index (χ0v) is 17.0. The van der Waals surface area contributed by atoms with Crippen molar-refractivity contribution in [3.63, 3.8) is 0 Å². The number of amides is 2. The van der Waals surface area contributed by atoms with Gasteiger partial charge in [-0.15, -0.1) is 0 Å². The summed E-state index contributed by atoms with van der Waals surface area (Å²) in [4.78, 5) is 24.7. The second-order valence-electron chi connectivity index (χ2n) is 5.82. The predicted octanol–water partition coefficient (Wildman–Crippen LogP) is 3.79. The van der Waals surface area contributed by atoms with Gasteiger partial charge in [0.1, 0.15) is 0 Å². The smallest absolute Gasteiger partial charge is 0.255 e. The Labute approximate surface area is 167 Å². The maximum absolute atomic E-state index is 12.6. The van der Waals surface area contributed by atoms with E-state index in [1.54, 1.807) is 6.07 Å². The van der Waals surface area contributed by atoms with Crippen LogP contribution in [0, 0.1) is 0 Å². The molecule has 2 amide bonds. The molecule has 0 aliphatic carbocycles. The monoisotopic (exact) mass is 428 g/mol. The van der Waals surface area contributed by atoms with Gasteiger partial charge in [-0.05, 0) is 42.8 Å². The topological polar surface area (TPSA) is 92.3 Å². The summed E-state index contributed by atoms with van der Waals surface area (Å²) in [6.45, 7) is 2.41. The van der Waals surface area contributed by atoms with E-state index in [-0.39, 0.29) is 32.6 Å². The average molecular weight is 429 g/mol. The van der Waals surface area contributed by atoms with Crippen LogP contribution in [0.25, 0.3) is 0 Å². The van der Waals surface area contributed by atoms with Crippen molar-refractivity contribution < 1.29 is 18.0 Å². The lowest BCUT2D eigenvalue weighted by Crippen LogP contribution is -2.26. The summed E-state index contributed by atoms with van der Waals surface area (Å²) in [5.41, 5.74) is 0.551. The molecule has 144 valence electrons. The third-order valence-electron chi connectivity index (χ3n) is 3.60. The van der Waals surface area contributed by atoms with Crippen molar-refractivity contribution >= 4 is 50.5 Å². The molecule has 0 spiro atoms. The minimum Gasteiger partial charge on any atom is -0.352 e. The third kappa shape index (κ3) is 5.45. The molecule has 27 heavy (non-hydrogen) atoms. The van der Waals surface area contributed by atoms with Crippen molar-refractivity contribution in [2.45, 2.75) is 18.2 Å². The molecule has 2 aromatic rings. The van der Waals surface area contributed by atoms with Gasteiger partial charge in [-0.1, -0.05) is 30.1 Å². The Morgan fingerprint density at radius 2 is 1.74 bits per heavy atom. The van der Waals surface area contributed by atoms with Crippen LogP contribution < -0.4 is 10.6 Å². The Bertz CT molecular complexity index is 991. The number of nitrogens with one attached hydrogen (secondary N) is 2. The molecule has 0 radical (unpaired) electrons. The number of carbonyl (C=O) groups excluding carboxylic acids is 2. The fourth-order valence-corrected chi connectivity index (χ4v) is 3.75. The Balaban J connectivity index is 2.36. The Morgan fingerprint density at radius 3 is 2.37 bits per heavy atom. The fourth-order valence-electron chi connectivity index (χ4n) is 2.27. The van der Waals surface area contributed by atoms with Crippen LogP contribution >= 0.6 is 23.2 Å². The van der Waals surface area contributed by atoms with Crippen molar-refractivity contribution in [2.75, 3.05) is 18.1 Å². The van der Waals surface area contributed by atoms with Gasteiger partial charge in [-0.3, -0.25) is 9.59 Å². The molecule has 0 aliphatic rings. The SMILES string of the molecule is CCCNC(=O)c1ccc(Cl)cc1NC(=O)c1ccc(Cl)c(S(C)(=O)=O)c1. The van der Waals surface area contributed by atoms with Crippen molar-refractivity contribution in [1.29, 1.82) is 0 Å². The summed E-state index contributed by atoms with van der Waals surface area (Å²) in [7, 11) is -3.60. The van der Waals surface area contributed by atoms with Crippen LogP contribution in [0.3, 0.4) is 0 Å². The quantitative estimate of drug-likeness (QED) is 0.731. The summed E-state index contributed by atoms with van der Waals surface area (Å²) < 4.78 is 23.6. The summed E-state index contributed by atoms with van der Waals surface area (Å²) in [6.07, 6.45) is 1.77. The van der Waals surface area contributed by atoms with Crippen LogP contribution in [0.5, 0.6) is 0 Å². The first-order valence-electron chi connectivity index (χ1n) is 8.02. The number of hydrogen-bond acceptors (Lipinski definition) is 4. The molecule has 0 unspecified atom stereocenters. The first-order valence-corrected chi connectivity index (χ1v) is 10.7. The normalized spacial score (nSPS) is 11.1. The van der Waals surface area contributed by atoms with Gasteiger partial charge in [0.05, 0.1) is 21.2 Å². The van der Waals surface area contributed by atoms with Crippen LogP contribution in [-0.4, -0.2) is 33.0 Å². The predicted molar refractivity (Wildman–Crippen MR) is 107 cm³/mol. The molecule has 0 aromatic heterocycles. The highest BCUT2D eigenvalue weighted by Gasteiger charge is 2.18. The number of anilines is 1. The largest absolute Gasteiger partial charge is 0.352 e. The molecule has 0 fully saturated rings. The molecule has 0 saturated heterocycles. The molecule has 0 saturated carbocycles. The Morgan fingerprint density at radius 1 is 1.04 bits per heavy atom. The fraction of sp³-hybridized carbons (Fsp3) is 0.222. The van der Waals surface area contributed by atoms with Crippen LogP contribution in [0.15, 0.2) is 41.3 Å². The number of sulfone groups is 1. The summed E-state index contributed by atoms with van der Waals surface area (Å²) in [5, 5.41) is 5.69. The van der Waals surface area contributed by atoms with E-state index in [9.17, 15) is 18.0 Å². The Kier molecular flexibility index (Phi) is 6.86. The summed E-state index contributed by atoms with van der Waals surface area (Å²) in [5.74, 6) is -0.944. The molecular formula is C18H18Cl2N2O4S. The van der Waals surface area contributed by atoms with E-state index in [0.717, 1.165) is 12.7 Å². The molecule has 6 nitrogen and oxygen atoms in total. The molecule has 0 bridgehead atoms. The van der Waals surface area contributed by atoms with Gasteiger partial charge in [0.25, 0.3) is 11.8 Å². The highest BCUT2D eigenvalue weighted by atomic mass is 35.5. The first-order chi connectivity index (χ1) is 12.6. The summed E-state index contributed by atoms with van der Waals surface area (Å²) in [6, 6.07) is 8.42. The van der Waals surface area contributed by atoms with Crippen LogP contribution in [-0.2, 0) is 9.84 Å². The van der Waals surface area contributed by atoms with Gasteiger partial charge in [0.2, 0.25) is 0 Å². The lowest BCUT2D eigenvalue weighted by atomic mass is 10.1. The van der Waals surface area contributed by atoms with Crippen molar-refractivity contribution in [1.82, 2.24) is 5.32 Å². The molecule has 9 heteroatoms. The maximum Gasteiger partial charge on any atom is 0.255 e. The van der Waals surface area contributed by atoms with E-state index in [4.69, 9.17) is 23.2 Å². The molecule has 0 heterocycles. The lowest BCUT2D eigenvalue weighted by Gasteiger charge is -2.12. The molecule has 2 aromatic carbocycles. The number of rotatable bonds is 6. The Hall–Kier alpha value is -2.09.